The number of benzene rings is 2. The van der Waals surface area contributed by atoms with Crippen molar-refractivity contribution in [3.05, 3.63) is 59.7 Å². The van der Waals surface area contributed by atoms with Gasteiger partial charge < -0.3 is 15.1 Å². The molecule has 0 unspecified atom stereocenters. The molecule has 34 heavy (non-hydrogen) atoms. The van der Waals surface area contributed by atoms with Crippen molar-refractivity contribution in [2.45, 2.75) is 18.2 Å². The number of nitrogens with one attached hydrogen (secondary N) is 1. The van der Waals surface area contributed by atoms with E-state index in [9.17, 15) is 18.0 Å². The number of sulfone groups is 1. The third-order valence-corrected chi connectivity index (χ3v) is 9.53. The molecule has 0 aliphatic carbocycles. The molecule has 2 fully saturated rings. The maximum Gasteiger partial charge on any atom is 0.254 e. The number of aliphatic imine (C=N–C) groups is 1. The van der Waals surface area contributed by atoms with Crippen molar-refractivity contribution < 1.29 is 18.0 Å². The molecule has 2 atom stereocenters. The lowest BCUT2D eigenvalue weighted by molar-refractivity contribution is 0.0746. The number of carbonyl (C=O) groups is 2. The number of rotatable bonds is 4. The molecule has 8 nitrogen and oxygen atoms in total. The Morgan fingerprint density at radius 1 is 1.00 bits per heavy atom. The topological polar surface area (TPSA) is 99.2 Å². The van der Waals surface area contributed by atoms with Crippen LogP contribution in [-0.4, -0.2) is 79.2 Å². The normalized spacial score (nSPS) is 23.4. The second kappa shape index (κ2) is 9.07. The molecule has 2 aromatic carbocycles. The summed E-state index contributed by atoms with van der Waals surface area (Å²) in [5.41, 5.74) is 3.12. The van der Waals surface area contributed by atoms with Crippen molar-refractivity contribution in [2.75, 3.05) is 47.9 Å². The Labute approximate surface area is 203 Å². The highest BCUT2D eigenvalue weighted by Gasteiger charge is 2.42. The van der Waals surface area contributed by atoms with Crippen molar-refractivity contribution in [1.29, 1.82) is 0 Å². The van der Waals surface area contributed by atoms with Crippen molar-refractivity contribution in [3.63, 3.8) is 0 Å². The van der Waals surface area contributed by atoms with Crippen molar-refractivity contribution >= 4 is 49.8 Å². The SMILES string of the molecule is CC(=O)c1ccc(N2CCN(C(=O)c3cccc(NC4=N[C@@H]5CS(=O)(=O)C[C@H]5S4)c3)CC2)cc1. The van der Waals surface area contributed by atoms with E-state index in [-0.39, 0.29) is 34.5 Å². The van der Waals surface area contributed by atoms with Gasteiger partial charge in [-0.3, -0.25) is 14.6 Å². The summed E-state index contributed by atoms with van der Waals surface area (Å²) in [5.74, 6) is 0.316. The number of carbonyl (C=O) groups excluding carboxylic acids is 2. The van der Waals surface area contributed by atoms with E-state index in [2.05, 4.69) is 15.2 Å². The Morgan fingerprint density at radius 3 is 2.41 bits per heavy atom. The zero-order valence-electron chi connectivity index (χ0n) is 18.8. The van der Waals surface area contributed by atoms with Gasteiger partial charge in [0.05, 0.1) is 17.5 Å². The van der Waals surface area contributed by atoms with E-state index in [4.69, 9.17) is 0 Å². The number of thioether (sulfide) groups is 1. The van der Waals surface area contributed by atoms with Crippen molar-refractivity contribution in [2.24, 2.45) is 4.99 Å². The van der Waals surface area contributed by atoms with Crippen LogP contribution in [0.4, 0.5) is 11.4 Å². The molecule has 10 heteroatoms. The number of hydrogen-bond donors (Lipinski definition) is 1. The van der Waals surface area contributed by atoms with Crippen LogP contribution in [0.1, 0.15) is 27.6 Å². The van der Waals surface area contributed by atoms with E-state index in [1.807, 2.05) is 53.4 Å². The molecule has 0 radical (unpaired) electrons. The fraction of sp³-hybridized carbons (Fsp3) is 0.375. The lowest BCUT2D eigenvalue weighted by Crippen LogP contribution is -2.48. The van der Waals surface area contributed by atoms with Gasteiger partial charge in [-0.2, -0.15) is 0 Å². The molecular weight excluding hydrogens is 472 g/mol. The first-order valence-electron chi connectivity index (χ1n) is 11.2. The Kier molecular flexibility index (Phi) is 6.11. The zero-order valence-corrected chi connectivity index (χ0v) is 20.4. The van der Waals surface area contributed by atoms with Crippen LogP contribution in [0.2, 0.25) is 0 Å². The highest BCUT2D eigenvalue weighted by Crippen LogP contribution is 2.34. The van der Waals surface area contributed by atoms with Crippen molar-refractivity contribution in [1.82, 2.24) is 4.90 Å². The fourth-order valence-electron chi connectivity index (χ4n) is 4.53. The number of hydrogen-bond acceptors (Lipinski definition) is 8. The smallest absolute Gasteiger partial charge is 0.254 e. The number of ketones is 1. The third kappa shape index (κ3) is 4.83. The summed E-state index contributed by atoms with van der Waals surface area (Å²) in [6.07, 6.45) is 0. The van der Waals surface area contributed by atoms with Crippen LogP contribution < -0.4 is 10.2 Å². The van der Waals surface area contributed by atoms with E-state index in [0.717, 1.165) is 24.5 Å². The average molecular weight is 499 g/mol. The molecule has 0 bridgehead atoms. The molecule has 1 N–H and O–H groups in total. The minimum absolute atomic E-state index is 0.0146. The molecule has 1 amide bonds. The number of anilines is 2. The molecule has 0 spiro atoms. The van der Waals surface area contributed by atoms with Crippen LogP contribution >= 0.6 is 11.8 Å². The molecule has 3 aliphatic rings. The van der Waals surface area contributed by atoms with Gasteiger partial charge in [0.1, 0.15) is 0 Å². The minimum Gasteiger partial charge on any atom is -0.368 e. The summed E-state index contributed by atoms with van der Waals surface area (Å²) in [7, 11) is -2.98. The van der Waals surface area contributed by atoms with E-state index in [1.54, 1.807) is 6.92 Å². The second-order valence-corrected chi connectivity index (χ2v) is 12.2. The Hall–Kier alpha value is -2.85. The maximum absolute atomic E-state index is 13.1. The number of piperazine rings is 1. The van der Waals surface area contributed by atoms with Crippen LogP contribution in [0.3, 0.4) is 0 Å². The summed E-state index contributed by atoms with van der Waals surface area (Å²) in [4.78, 5) is 33.2. The minimum atomic E-state index is -2.98. The standard InChI is InChI=1S/C24H26N4O4S2/c1-16(29)17-5-7-20(8-6-17)27-9-11-28(12-10-27)23(30)18-3-2-4-19(13-18)25-24-26-21-14-34(31,32)15-22(21)33-24/h2-8,13,21-22H,9-12,14-15H2,1H3,(H,25,26)/t21-,22-/m1/s1. The molecule has 0 saturated carbocycles. The van der Waals surface area contributed by atoms with Gasteiger partial charge in [-0.1, -0.05) is 17.8 Å². The van der Waals surface area contributed by atoms with Gasteiger partial charge in [-0.05, 0) is 49.4 Å². The highest BCUT2D eigenvalue weighted by atomic mass is 32.2. The van der Waals surface area contributed by atoms with E-state index in [1.165, 1.54) is 11.8 Å². The quantitative estimate of drug-likeness (QED) is 0.647. The van der Waals surface area contributed by atoms with Crippen LogP contribution in [0.25, 0.3) is 0 Å². The average Bonchev–Trinajstić information content (AvgIpc) is 3.31. The van der Waals surface area contributed by atoms with Crippen LogP contribution in [0.15, 0.2) is 53.5 Å². The first-order chi connectivity index (χ1) is 16.3. The van der Waals surface area contributed by atoms with E-state index in [0.29, 0.717) is 29.4 Å². The van der Waals surface area contributed by atoms with Gasteiger partial charge in [-0.25, -0.2) is 8.42 Å². The number of Topliss-reactive ketones (excluding diaryl/α,β-unsaturated/α-hetero) is 1. The largest absolute Gasteiger partial charge is 0.368 e. The number of amides is 1. The third-order valence-electron chi connectivity index (χ3n) is 6.38. The summed E-state index contributed by atoms with van der Waals surface area (Å²) in [5, 5.41) is 3.94. The first-order valence-corrected chi connectivity index (χ1v) is 13.9. The van der Waals surface area contributed by atoms with Gasteiger partial charge in [0.15, 0.2) is 20.8 Å². The van der Waals surface area contributed by atoms with Crippen LogP contribution in [-0.2, 0) is 9.84 Å². The predicted molar refractivity (Wildman–Crippen MR) is 136 cm³/mol. The Morgan fingerprint density at radius 2 is 1.74 bits per heavy atom. The molecule has 178 valence electrons. The Bertz CT molecular complexity index is 1250. The molecule has 5 rings (SSSR count). The monoisotopic (exact) mass is 498 g/mol. The lowest BCUT2D eigenvalue weighted by Gasteiger charge is -2.36. The summed E-state index contributed by atoms with van der Waals surface area (Å²) >= 11 is 1.46. The summed E-state index contributed by atoms with van der Waals surface area (Å²) < 4.78 is 23.5. The molecule has 3 aliphatic heterocycles. The number of nitrogens with zero attached hydrogens (tertiary/aromatic N) is 3. The maximum atomic E-state index is 13.1. The highest BCUT2D eigenvalue weighted by molar-refractivity contribution is 8.15. The fourth-order valence-corrected chi connectivity index (χ4v) is 8.20. The van der Waals surface area contributed by atoms with Crippen LogP contribution in [0, 0.1) is 0 Å². The van der Waals surface area contributed by atoms with E-state index < -0.39 is 9.84 Å². The number of amidine groups is 1. The summed E-state index contributed by atoms with van der Waals surface area (Å²) in [6, 6.07) is 14.8. The Balaban J connectivity index is 1.19. The van der Waals surface area contributed by atoms with Gasteiger partial charge >= 0.3 is 0 Å². The van der Waals surface area contributed by atoms with E-state index >= 15 is 0 Å². The van der Waals surface area contributed by atoms with Gasteiger partial charge in [0, 0.05) is 53.9 Å². The van der Waals surface area contributed by atoms with Gasteiger partial charge in [0.25, 0.3) is 5.91 Å². The molecule has 3 heterocycles. The second-order valence-electron chi connectivity index (χ2n) is 8.82. The number of fused-ring (bicyclic) bond motifs is 1. The first kappa shape index (κ1) is 22.9. The van der Waals surface area contributed by atoms with Crippen molar-refractivity contribution in [3.8, 4) is 0 Å². The predicted octanol–water partition coefficient (Wildman–Crippen LogP) is 2.53. The molecular formula is C24H26N4O4S2. The zero-order chi connectivity index (χ0) is 23.9. The van der Waals surface area contributed by atoms with Gasteiger partial charge in [-0.15, -0.1) is 0 Å². The van der Waals surface area contributed by atoms with Crippen LogP contribution in [0.5, 0.6) is 0 Å². The molecule has 0 aromatic heterocycles. The lowest BCUT2D eigenvalue weighted by atomic mass is 10.1. The van der Waals surface area contributed by atoms with Gasteiger partial charge in [0.2, 0.25) is 0 Å². The summed E-state index contributed by atoms with van der Waals surface area (Å²) in [6.45, 7) is 4.24. The molecule has 2 aromatic rings. The molecule has 2 saturated heterocycles.